The van der Waals surface area contributed by atoms with E-state index in [1.165, 1.54) is 24.9 Å². The van der Waals surface area contributed by atoms with Crippen molar-refractivity contribution < 1.29 is 0 Å². The summed E-state index contributed by atoms with van der Waals surface area (Å²) in [6.45, 7) is 7.43. The highest BCUT2D eigenvalue weighted by atomic mass is 127. The molecule has 22 heavy (non-hydrogen) atoms. The van der Waals surface area contributed by atoms with E-state index in [0.29, 0.717) is 0 Å². The van der Waals surface area contributed by atoms with Gasteiger partial charge in [0.15, 0.2) is 5.96 Å². The Morgan fingerprint density at radius 3 is 2.36 bits per heavy atom. The standard InChI is InChI=1S/C17H28N4.HI/c1-3-4-8-11-19-17(18-2)21-14-12-20(13-15-21)16-9-6-5-7-10-16;/h5-7,9-10H,3-4,8,11-15H2,1-2H3,(H,18,19);1H. The number of nitrogens with one attached hydrogen (secondary N) is 1. The van der Waals surface area contributed by atoms with Crippen molar-refractivity contribution >= 4 is 35.6 Å². The molecule has 0 aromatic heterocycles. The third-order valence-electron chi connectivity index (χ3n) is 3.98. The number of rotatable bonds is 5. The first-order valence-corrected chi connectivity index (χ1v) is 8.10. The molecule has 1 heterocycles. The topological polar surface area (TPSA) is 30.9 Å². The summed E-state index contributed by atoms with van der Waals surface area (Å²) in [7, 11) is 1.88. The summed E-state index contributed by atoms with van der Waals surface area (Å²) in [6.07, 6.45) is 3.77. The van der Waals surface area contributed by atoms with Gasteiger partial charge < -0.3 is 15.1 Å². The van der Waals surface area contributed by atoms with E-state index in [0.717, 1.165) is 38.7 Å². The van der Waals surface area contributed by atoms with Crippen LogP contribution in [0.5, 0.6) is 0 Å². The largest absolute Gasteiger partial charge is 0.368 e. The van der Waals surface area contributed by atoms with Gasteiger partial charge in [0.25, 0.3) is 0 Å². The fourth-order valence-corrected chi connectivity index (χ4v) is 2.72. The molecule has 1 aromatic carbocycles. The molecule has 5 heteroatoms. The first-order valence-electron chi connectivity index (χ1n) is 8.10. The number of para-hydroxylation sites is 1. The number of guanidine groups is 1. The van der Waals surface area contributed by atoms with Crippen molar-refractivity contribution in [2.24, 2.45) is 4.99 Å². The van der Waals surface area contributed by atoms with Crippen LogP contribution in [0.25, 0.3) is 0 Å². The van der Waals surface area contributed by atoms with Gasteiger partial charge >= 0.3 is 0 Å². The lowest BCUT2D eigenvalue weighted by molar-refractivity contribution is 0.372. The van der Waals surface area contributed by atoms with Gasteiger partial charge in [-0.05, 0) is 18.6 Å². The predicted octanol–water partition coefficient (Wildman–Crippen LogP) is 3.19. The molecule has 0 saturated carbocycles. The van der Waals surface area contributed by atoms with Gasteiger partial charge in [-0.2, -0.15) is 0 Å². The highest BCUT2D eigenvalue weighted by molar-refractivity contribution is 14.0. The Morgan fingerprint density at radius 2 is 1.77 bits per heavy atom. The van der Waals surface area contributed by atoms with Crippen LogP contribution < -0.4 is 10.2 Å². The zero-order valence-electron chi connectivity index (χ0n) is 13.8. The monoisotopic (exact) mass is 416 g/mol. The number of piperazine rings is 1. The molecule has 0 bridgehead atoms. The van der Waals surface area contributed by atoms with Crippen LogP contribution >= 0.6 is 24.0 Å². The molecule has 0 spiro atoms. The molecule has 1 fully saturated rings. The van der Waals surface area contributed by atoms with Gasteiger partial charge in [0.2, 0.25) is 0 Å². The fraction of sp³-hybridized carbons (Fsp3) is 0.588. The van der Waals surface area contributed by atoms with E-state index in [-0.39, 0.29) is 24.0 Å². The number of hydrogen-bond acceptors (Lipinski definition) is 2. The predicted molar refractivity (Wildman–Crippen MR) is 107 cm³/mol. The molecule has 1 aliphatic rings. The summed E-state index contributed by atoms with van der Waals surface area (Å²) in [5.41, 5.74) is 1.32. The molecule has 0 amide bonds. The van der Waals surface area contributed by atoms with Crippen molar-refractivity contribution in [2.75, 3.05) is 44.7 Å². The molecule has 0 radical (unpaired) electrons. The molecule has 1 aromatic rings. The number of halogens is 1. The average Bonchev–Trinajstić information content (AvgIpc) is 2.56. The Balaban J connectivity index is 0.00000242. The minimum Gasteiger partial charge on any atom is -0.368 e. The second-order valence-corrected chi connectivity index (χ2v) is 5.49. The average molecular weight is 416 g/mol. The summed E-state index contributed by atoms with van der Waals surface area (Å²) in [4.78, 5) is 9.23. The molecule has 1 N–H and O–H groups in total. The van der Waals surface area contributed by atoms with Gasteiger partial charge in [-0.25, -0.2) is 0 Å². The van der Waals surface area contributed by atoms with E-state index < -0.39 is 0 Å². The Hall–Kier alpha value is -0.980. The van der Waals surface area contributed by atoms with E-state index >= 15 is 0 Å². The minimum absolute atomic E-state index is 0. The highest BCUT2D eigenvalue weighted by Crippen LogP contribution is 2.15. The molecule has 4 nitrogen and oxygen atoms in total. The maximum absolute atomic E-state index is 4.42. The van der Waals surface area contributed by atoms with E-state index in [9.17, 15) is 0 Å². The lowest BCUT2D eigenvalue weighted by Gasteiger charge is -2.37. The fourth-order valence-electron chi connectivity index (χ4n) is 2.72. The summed E-state index contributed by atoms with van der Waals surface area (Å²) in [5.74, 6) is 1.05. The van der Waals surface area contributed by atoms with Crippen LogP contribution in [0.3, 0.4) is 0 Å². The Kier molecular flexibility index (Phi) is 9.27. The van der Waals surface area contributed by atoms with E-state index in [1.54, 1.807) is 0 Å². The lowest BCUT2D eigenvalue weighted by atomic mass is 10.2. The van der Waals surface area contributed by atoms with Crippen LogP contribution in [-0.4, -0.2) is 50.6 Å². The molecular formula is C17H29IN4. The first-order chi connectivity index (χ1) is 10.3. The van der Waals surface area contributed by atoms with Crippen LogP contribution in [0.2, 0.25) is 0 Å². The van der Waals surface area contributed by atoms with Crippen LogP contribution in [0, 0.1) is 0 Å². The van der Waals surface area contributed by atoms with Crippen molar-refractivity contribution in [2.45, 2.75) is 26.2 Å². The van der Waals surface area contributed by atoms with Crippen LogP contribution in [0.15, 0.2) is 35.3 Å². The van der Waals surface area contributed by atoms with E-state index in [1.807, 2.05) is 7.05 Å². The van der Waals surface area contributed by atoms with Crippen LogP contribution in [0.4, 0.5) is 5.69 Å². The lowest BCUT2D eigenvalue weighted by Crippen LogP contribution is -2.52. The van der Waals surface area contributed by atoms with Gasteiger partial charge in [0, 0.05) is 45.5 Å². The van der Waals surface area contributed by atoms with E-state index in [4.69, 9.17) is 0 Å². The van der Waals surface area contributed by atoms with Crippen molar-refractivity contribution in [1.29, 1.82) is 0 Å². The van der Waals surface area contributed by atoms with Gasteiger partial charge in [-0.3, -0.25) is 4.99 Å². The zero-order chi connectivity index (χ0) is 14.9. The van der Waals surface area contributed by atoms with Crippen LogP contribution in [-0.2, 0) is 0 Å². The number of benzene rings is 1. The summed E-state index contributed by atoms with van der Waals surface area (Å²) >= 11 is 0. The highest BCUT2D eigenvalue weighted by Gasteiger charge is 2.19. The summed E-state index contributed by atoms with van der Waals surface area (Å²) in [6, 6.07) is 10.7. The van der Waals surface area contributed by atoms with Crippen molar-refractivity contribution in [1.82, 2.24) is 10.2 Å². The normalized spacial score (nSPS) is 15.5. The van der Waals surface area contributed by atoms with Gasteiger partial charge in [-0.15, -0.1) is 24.0 Å². The molecule has 0 unspecified atom stereocenters. The van der Waals surface area contributed by atoms with Crippen molar-refractivity contribution in [3.05, 3.63) is 30.3 Å². The molecule has 124 valence electrons. The zero-order valence-corrected chi connectivity index (χ0v) is 16.1. The number of aliphatic imine (C=N–C) groups is 1. The maximum atomic E-state index is 4.42. The first kappa shape index (κ1) is 19.1. The van der Waals surface area contributed by atoms with Crippen molar-refractivity contribution in [3.8, 4) is 0 Å². The SMILES string of the molecule is CCCCCNC(=NC)N1CCN(c2ccccc2)CC1.I. The third kappa shape index (κ3) is 5.66. The van der Waals surface area contributed by atoms with Crippen LogP contribution in [0.1, 0.15) is 26.2 Å². The molecule has 2 rings (SSSR count). The molecular weight excluding hydrogens is 387 g/mol. The number of anilines is 1. The van der Waals surface area contributed by atoms with Crippen molar-refractivity contribution in [3.63, 3.8) is 0 Å². The quantitative estimate of drug-likeness (QED) is 0.346. The maximum Gasteiger partial charge on any atom is 0.193 e. The second kappa shape index (κ2) is 10.7. The van der Waals surface area contributed by atoms with Gasteiger partial charge in [-0.1, -0.05) is 38.0 Å². The Labute approximate surface area is 152 Å². The second-order valence-electron chi connectivity index (χ2n) is 5.49. The minimum atomic E-state index is 0. The molecule has 0 aliphatic carbocycles. The number of nitrogens with zero attached hydrogens (tertiary/aromatic N) is 3. The summed E-state index contributed by atoms with van der Waals surface area (Å²) in [5, 5.41) is 3.49. The smallest absolute Gasteiger partial charge is 0.193 e. The Bertz CT molecular complexity index is 428. The summed E-state index contributed by atoms with van der Waals surface area (Å²) < 4.78 is 0. The molecule has 0 atom stereocenters. The van der Waals surface area contributed by atoms with Gasteiger partial charge in [0.05, 0.1) is 0 Å². The van der Waals surface area contributed by atoms with E-state index in [2.05, 4.69) is 57.4 Å². The third-order valence-corrected chi connectivity index (χ3v) is 3.98. The van der Waals surface area contributed by atoms with Gasteiger partial charge in [0.1, 0.15) is 0 Å². The Morgan fingerprint density at radius 1 is 1.09 bits per heavy atom. The number of unbranched alkanes of at least 4 members (excludes halogenated alkanes) is 2. The molecule has 1 saturated heterocycles. The number of hydrogen-bond donors (Lipinski definition) is 1. The molecule has 1 aliphatic heterocycles.